The Morgan fingerprint density at radius 1 is 0.867 bits per heavy atom. The summed E-state index contributed by atoms with van der Waals surface area (Å²) in [7, 11) is 0. The molecule has 0 amide bonds. The van der Waals surface area contributed by atoms with Crippen molar-refractivity contribution in [3.05, 3.63) is 0 Å². The SMILES string of the molecule is CC.CC1CC(C)C(C)C(C(C)(C)C)C1. The van der Waals surface area contributed by atoms with Crippen molar-refractivity contribution >= 4 is 0 Å². The molecule has 0 bridgehead atoms. The van der Waals surface area contributed by atoms with Crippen molar-refractivity contribution in [2.75, 3.05) is 0 Å². The zero-order valence-electron chi connectivity index (χ0n) is 12.2. The van der Waals surface area contributed by atoms with Gasteiger partial charge in [-0.25, -0.2) is 0 Å². The van der Waals surface area contributed by atoms with Gasteiger partial charge in [-0.05, 0) is 41.9 Å². The third-order valence-corrected chi connectivity index (χ3v) is 4.08. The van der Waals surface area contributed by atoms with Crippen molar-refractivity contribution in [2.24, 2.45) is 29.1 Å². The maximum Gasteiger partial charge on any atom is -0.0335 e. The third-order valence-electron chi connectivity index (χ3n) is 4.08. The summed E-state index contributed by atoms with van der Waals surface area (Å²) in [6.45, 7) is 18.5. The average molecular weight is 212 g/mol. The zero-order chi connectivity index (χ0) is 12.2. The van der Waals surface area contributed by atoms with Gasteiger partial charge in [0.05, 0.1) is 0 Å². The number of rotatable bonds is 0. The number of hydrogen-bond donors (Lipinski definition) is 0. The lowest BCUT2D eigenvalue weighted by atomic mass is 9.61. The summed E-state index contributed by atoms with van der Waals surface area (Å²) in [6.07, 6.45) is 2.88. The molecule has 4 atom stereocenters. The Morgan fingerprint density at radius 2 is 1.33 bits per heavy atom. The predicted octanol–water partition coefficient (Wildman–Crippen LogP) is 5.38. The van der Waals surface area contributed by atoms with Gasteiger partial charge in [0, 0.05) is 0 Å². The summed E-state index contributed by atoms with van der Waals surface area (Å²) >= 11 is 0. The lowest BCUT2D eigenvalue weighted by molar-refractivity contribution is 0.0523. The summed E-state index contributed by atoms with van der Waals surface area (Å²) < 4.78 is 0. The van der Waals surface area contributed by atoms with E-state index in [4.69, 9.17) is 0 Å². The molecule has 0 aliphatic heterocycles. The van der Waals surface area contributed by atoms with E-state index in [1.807, 2.05) is 13.8 Å². The average Bonchev–Trinajstić information content (AvgIpc) is 2.13. The fourth-order valence-electron chi connectivity index (χ4n) is 3.13. The van der Waals surface area contributed by atoms with Crippen molar-refractivity contribution < 1.29 is 0 Å². The molecule has 0 aromatic carbocycles. The van der Waals surface area contributed by atoms with Crippen LogP contribution in [0.4, 0.5) is 0 Å². The van der Waals surface area contributed by atoms with Crippen molar-refractivity contribution in [3.8, 4) is 0 Å². The van der Waals surface area contributed by atoms with Crippen LogP contribution in [-0.2, 0) is 0 Å². The van der Waals surface area contributed by atoms with Crippen LogP contribution in [0.3, 0.4) is 0 Å². The van der Waals surface area contributed by atoms with Crippen molar-refractivity contribution in [1.82, 2.24) is 0 Å². The minimum absolute atomic E-state index is 0.502. The molecule has 0 N–H and O–H groups in total. The van der Waals surface area contributed by atoms with Crippen LogP contribution in [0.1, 0.15) is 68.2 Å². The molecule has 0 heteroatoms. The molecule has 1 rings (SSSR count). The van der Waals surface area contributed by atoms with E-state index in [0.29, 0.717) is 5.41 Å². The van der Waals surface area contributed by atoms with E-state index >= 15 is 0 Å². The van der Waals surface area contributed by atoms with Gasteiger partial charge in [-0.1, -0.05) is 55.4 Å². The first kappa shape index (κ1) is 15.0. The highest BCUT2D eigenvalue weighted by Crippen LogP contribution is 2.45. The normalized spacial score (nSPS) is 36.8. The predicted molar refractivity (Wildman–Crippen MR) is 71.0 cm³/mol. The van der Waals surface area contributed by atoms with E-state index in [9.17, 15) is 0 Å². The molecule has 0 aromatic rings. The Bertz CT molecular complexity index is 163. The molecule has 1 fully saturated rings. The summed E-state index contributed by atoms with van der Waals surface area (Å²) in [5.74, 6) is 3.70. The van der Waals surface area contributed by atoms with Gasteiger partial charge < -0.3 is 0 Å². The zero-order valence-corrected chi connectivity index (χ0v) is 12.2. The van der Waals surface area contributed by atoms with Crippen LogP contribution in [0.25, 0.3) is 0 Å². The first-order valence-corrected chi connectivity index (χ1v) is 6.82. The van der Waals surface area contributed by atoms with E-state index in [-0.39, 0.29) is 0 Å². The van der Waals surface area contributed by atoms with E-state index in [1.165, 1.54) is 12.8 Å². The van der Waals surface area contributed by atoms with Crippen LogP contribution < -0.4 is 0 Å². The van der Waals surface area contributed by atoms with Crippen LogP contribution >= 0.6 is 0 Å². The van der Waals surface area contributed by atoms with Crippen molar-refractivity contribution in [1.29, 1.82) is 0 Å². The molecular weight excluding hydrogens is 180 g/mol. The van der Waals surface area contributed by atoms with Crippen molar-refractivity contribution in [3.63, 3.8) is 0 Å². The summed E-state index contributed by atoms with van der Waals surface area (Å²) in [4.78, 5) is 0. The van der Waals surface area contributed by atoms with Gasteiger partial charge in [0.2, 0.25) is 0 Å². The Balaban J connectivity index is 0.000000921. The lowest BCUT2D eigenvalue weighted by Gasteiger charge is -2.44. The minimum Gasteiger partial charge on any atom is -0.0683 e. The van der Waals surface area contributed by atoms with Crippen LogP contribution in [0.5, 0.6) is 0 Å². The molecule has 1 aliphatic carbocycles. The van der Waals surface area contributed by atoms with Gasteiger partial charge in [0.1, 0.15) is 0 Å². The van der Waals surface area contributed by atoms with Crippen molar-refractivity contribution in [2.45, 2.75) is 68.2 Å². The molecular formula is C15H32. The third kappa shape index (κ3) is 4.17. The maximum absolute atomic E-state index is 2.45. The molecule has 0 saturated heterocycles. The molecule has 0 spiro atoms. The second-order valence-electron chi connectivity index (χ2n) is 6.39. The summed E-state index contributed by atoms with van der Waals surface area (Å²) in [5.41, 5.74) is 0.502. The Hall–Kier alpha value is 0. The van der Waals surface area contributed by atoms with Crippen LogP contribution in [-0.4, -0.2) is 0 Å². The summed E-state index contributed by atoms with van der Waals surface area (Å²) in [6, 6.07) is 0. The summed E-state index contributed by atoms with van der Waals surface area (Å²) in [5, 5.41) is 0. The fraction of sp³-hybridized carbons (Fsp3) is 1.00. The molecule has 92 valence electrons. The highest BCUT2D eigenvalue weighted by atomic mass is 14.4. The van der Waals surface area contributed by atoms with E-state index < -0.39 is 0 Å². The molecule has 0 heterocycles. The van der Waals surface area contributed by atoms with Gasteiger partial charge in [0.15, 0.2) is 0 Å². The Kier molecular flexibility index (Phi) is 5.92. The lowest BCUT2D eigenvalue weighted by Crippen LogP contribution is -2.36. The highest BCUT2D eigenvalue weighted by Gasteiger charge is 2.37. The van der Waals surface area contributed by atoms with Gasteiger partial charge in [-0.15, -0.1) is 0 Å². The minimum atomic E-state index is 0.502. The molecule has 0 radical (unpaired) electrons. The molecule has 0 aromatic heterocycles. The topological polar surface area (TPSA) is 0 Å². The van der Waals surface area contributed by atoms with E-state index in [2.05, 4.69) is 41.5 Å². The first-order valence-electron chi connectivity index (χ1n) is 6.82. The Morgan fingerprint density at radius 3 is 1.73 bits per heavy atom. The highest BCUT2D eigenvalue weighted by molar-refractivity contribution is 4.86. The monoisotopic (exact) mass is 212 g/mol. The van der Waals surface area contributed by atoms with E-state index in [1.54, 1.807) is 0 Å². The van der Waals surface area contributed by atoms with E-state index in [0.717, 1.165) is 23.7 Å². The quantitative estimate of drug-likeness (QED) is 0.506. The first-order chi connectivity index (χ1) is 6.82. The van der Waals surface area contributed by atoms with Gasteiger partial charge in [-0.2, -0.15) is 0 Å². The molecule has 4 unspecified atom stereocenters. The van der Waals surface area contributed by atoms with Gasteiger partial charge in [0.25, 0.3) is 0 Å². The Labute approximate surface area is 97.8 Å². The van der Waals surface area contributed by atoms with Crippen LogP contribution in [0, 0.1) is 29.1 Å². The standard InChI is InChI=1S/C13H26.C2H6/c1-9-7-10(2)11(3)12(8-9)13(4,5)6;1-2/h9-12H,7-8H2,1-6H3;1-2H3. The molecule has 1 aliphatic rings. The molecule has 0 nitrogen and oxygen atoms in total. The fourth-order valence-corrected chi connectivity index (χ4v) is 3.13. The van der Waals surface area contributed by atoms with Crippen LogP contribution in [0.2, 0.25) is 0 Å². The van der Waals surface area contributed by atoms with Gasteiger partial charge in [-0.3, -0.25) is 0 Å². The largest absolute Gasteiger partial charge is 0.0683 e. The van der Waals surface area contributed by atoms with Gasteiger partial charge >= 0.3 is 0 Å². The van der Waals surface area contributed by atoms with Crippen LogP contribution in [0.15, 0.2) is 0 Å². The second-order valence-corrected chi connectivity index (χ2v) is 6.39. The second kappa shape index (κ2) is 5.92. The smallest absolute Gasteiger partial charge is 0.0335 e. The molecule has 1 saturated carbocycles. The number of hydrogen-bond acceptors (Lipinski definition) is 0. The maximum atomic E-state index is 2.45. The molecule has 15 heavy (non-hydrogen) atoms.